The van der Waals surface area contributed by atoms with Gasteiger partial charge in [0.1, 0.15) is 6.04 Å². The van der Waals surface area contributed by atoms with Gasteiger partial charge in [-0.2, -0.15) is 0 Å². The number of carbonyl (C=O) groups is 1. The van der Waals surface area contributed by atoms with E-state index in [0.717, 1.165) is 30.0 Å². The predicted octanol–water partition coefficient (Wildman–Crippen LogP) is 1.54. The van der Waals surface area contributed by atoms with E-state index in [4.69, 9.17) is 4.74 Å². The van der Waals surface area contributed by atoms with E-state index >= 15 is 0 Å². The van der Waals surface area contributed by atoms with Crippen LogP contribution in [0, 0.1) is 0 Å². The van der Waals surface area contributed by atoms with Gasteiger partial charge in [0, 0.05) is 37.1 Å². The molecule has 1 aliphatic heterocycles. The topological polar surface area (TPSA) is 53.6 Å². The molecule has 108 valence electrons. The number of amides is 1. The molecule has 1 aromatic carbocycles. The van der Waals surface area contributed by atoms with E-state index in [1.165, 1.54) is 0 Å². The number of hydrogen-bond acceptors (Lipinski definition) is 4. The average molecular weight is 275 g/mol. The standard InChI is InChI=1S/C15H21N3O2/c1-4-7-18(8-9-20-3)11-5-6-12-13(10-11)17-15(19)14(12)16-2/h4-6,10,14,16H,1,7-9H2,2-3H3,(H,17,19). The minimum atomic E-state index is -0.258. The fraction of sp³-hybridized carbons (Fsp3) is 0.400. The Morgan fingerprint density at radius 1 is 1.55 bits per heavy atom. The summed E-state index contributed by atoms with van der Waals surface area (Å²) in [6, 6.07) is 5.77. The summed E-state index contributed by atoms with van der Waals surface area (Å²) in [6.45, 7) is 5.96. The van der Waals surface area contributed by atoms with Crippen molar-refractivity contribution in [1.82, 2.24) is 5.32 Å². The number of methoxy groups -OCH3 is 1. The van der Waals surface area contributed by atoms with Crippen molar-refractivity contribution in [2.24, 2.45) is 0 Å². The normalized spacial score (nSPS) is 16.7. The minimum Gasteiger partial charge on any atom is -0.383 e. The molecular formula is C15H21N3O2. The lowest BCUT2D eigenvalue weighted by molar-refractivity contribution is -0.117. The summed E-state index contributed by atoms with van der Waals surface area (Å²) in [5, 5.41) is 5.92. The lowest BCUT2D eigenvalue weighted by Gasteiger charge is -2.23. The molecule has 2 N–H and O–H groups in total. The number of ether oxygens (including phenoxy) is 1. The monoisotopic (exact) mass is 275 g/mol. The molecular weight excluding hydrogens is 254 g/mol. The first-order valence-electron chi connectivity index (χ1n) is 6.68. The first-order valence-corrected chi connectivity index (χ1v) is 6.68. The third-order valence-electron chi connectivity index (χ3n) is 3.44. The van der Waals surface area contributed by atoms with Crippen molar-refractivity contribution in [2.75, 3.05) is 44.1 Å². The molecule has 0 bridgehead atoms. The predicted molar refractivity (Wildman–Crippen MR) is 81.2 cm³/mol. The Kier molecular flexibility index (Phi) is 4.76. The fourth-order valence-corrected chi connectivity index (χ4v) is 2.42. The second-order valence-corrected chi connectivity index (χ2v) is 4.71. The lowest BCUT2D eigenvalue weighted by atomic mass is 10.1. The molecule has 0 aromatic heterocycles. The largest absolute Gasteiger partial charge is 0.383 e. The number of nitrogens with zero attached hydrogens (tertiary/aromatic N) is 1. The number of nitrogens with one attached hydrogen (secondary N) is 2. The van der Waals surface area contributed by atoms with Crippen molar-refractivity contribution in [2.45, 2.75) is 6.04 Å². The summed E-state index contributed by atoms with van der Waals surface area (Å²) in [4.78, 5) is 14.0. The highest BCUT2D eigenvalue weighted by atomic mass is 16.5. The van der Waals surface area contributed by atoms with Crippen LogP contribution in [0.4, 0.5) is 11.4 Å². The molecule has 2 rings (SSSR count). The third kappa shape index (κ3) is 2.84. The molecule has 0 fully saturated rings. The summed E-state index contributed by atoms with van der Waals surface area (Å²) in [7, 11) is 3.47. The van der Waals surface area contributed by atoms with E-state index in [2.05, 4.69) is 22.1 Å². The molecule has 0 saturated carbocycles. The Labute approximate surface area is 119 Å². The Morgan fingerprint density at radius 3 is 3.00 bits per heavy atom. The van der Waals surface area contributed by atoms with Crippen LogP contribution in [-0.4, -0.2) is 39.8 Å². The van der Waals surface area contributed by atoms with Crippen molar-refractivity contribution < 1.29 is 9.53 Å². The smallest absolute Gasteiger partial charge is 0.246 e. The first-order chi connectivity index (χ1) is 9.71. The molecule has 1 heterocycles. The molecule has 1 unspecified atom stereocenters. The van der Waals surface area contributed by atoms with Crippen molar-refractivity contribution >= 4 is 17.3 Å². The average Bonchev–Trinajstić information content (AvgIpc) is 2.77. The number of hydrogen-bond donors (Lipinski definition) is 2. The second-order valence-electron chi connectivity index (χ2n) is 4.71. The van der Waals surface area contributed by atoms with E-state index in [0.29, 0.717) is 6.61 Å². The molecule has 0 saturated heterocycles. The zero-order valence-corrected chi connectivity index (χ0v) is 12.0. The number of anilines is 2. The van der Waals surface area contributed by atoms with Gasteiger partial charge in [-0.15, -0.1) is 6.58 Å². The molecule has 1 aromatic rings. The maximum Gasteiger partial charge on any atom is 0.246 e. The van der Waals surface area contributed by atoms with Gasteiger partial charge in [-0.3, -0.25) is 4.79 Å². The van der Waals surface area contributed by atoms with Crippen molar-refractivity contribution in [3.8, 4) is 0 Å². The van der Waals surface area contributed by atoms with E-state index in [-0.39, 0.29) is 11.9 Å². The van der Waals surface area contributed by atoms with E-state index < -0.39 is 0 Å². The Morgan fingerprint density at radius 2 is 2.35 bits per heavy atom. The zero-order valence-electron chi connectivity index (χ0n) is 12.0. The van der Waals surface area contributed by atoms with Gasteiger partial charge in [0.2, 0.25) is 5.91 Å². The van der Waals surface area contributed by atoms with Gasteiger partial charge in [0.05, 0.1) is 6.61 Å². The molecule has 1 amide bonds. The van der Waals surface area contributed by atoms with Gasteiger partial charge in [-0.25, -0.2) is 0 Å². The second kappa shape index (κ2) is 6.54. The highest BCUT2D eigenvalue weighted by Gasteiger charge is 2.29. The van der Waals surface area contributed by atoms with Crippen LogP contribution < -0.4 is 15.5 Å². The number of rotatable bonds is 7. The summed E-state index contributed by atoms with van der Waals surface area (Å²) >= 11 is 0. The van der Waals surface area contributed by atoms with Crippen LogP contribution in [0.3, 0.4) is 0 Å². The fourth-order valence-electron chi connectivity index (χ4n) is 2.42. The Balaban J connectivity index is 2.24. The van der Waals surface area contributed by atoms with Crippen LogP contribution in [0.2, 0.25) is 0 Å². The van der Waals surface area contributed by atoms with Crippen LogP contribution in [0.15, 0.2) is 30.9 Å². The quantitative estimate of drug-likeness (QED) is 0.741. The summed E-state index contributed by atoms with van der Waals surface area (Å²) in [5.41, 5.74) is 2.92. The van der Waals surface area contributed by atoms with Crippen LogP contribution in [0.5, 0.6) is 0 Å². The number of fused-ring (bicyclic) bond motifs is 1. The van der Waals surface area contributed by atoms with E-state index in [1.807, 2.05) is 24.3 Å². The molecule has 0 aliphatic carbocycles. The van der Waals surface area contributed by atoms with Crippen LogP contribution in [0.25, 0.3) is 0 Å². The minimum absolute atomic E-state index is 0.00758. The number of likely N-dealkylation sites (N-methyl/N-ethyl adjacent to an activating group) is 1. The zero-order chi connectivity index (χ0) is 14.5. The molecule has 0 spiro atoms. The Bertz CT molecular complexity index is 502. The van der Waals surface area contributed by atoms with Crippen molar-refractivity contribution in [1.29, 1.82) is 0 Å². The molecule has 1 aliphatic rings. The highest BCUT2D eigenvalue weighted by molar-refractivity contribution is 6.03. The maximum atomic E-state index is 11.8. The maximum absolute atomic E-state index is 11.8. The first kappa shape index (κ1) is 14.6. The molecule has 5 nitrogen and oxygen atoms in total. The van der Waals surface area contributed by atoms with Crippen LogP contribution in [0.1, 0.15) is 11.6 Å². The number of benzene rings is 1. The SMILES string of the molecule is C=CCN(CCOC)c1ccc2c(c1)NC(=O)C2NC. The van der Waals surface area contributed by atoms with Crippen molar-refractivity contribution in [3.63, 3.8) is 0 Å². The van der Waals surface area contributed by atoms with Gasteiger partial charge < -0.3 is 20.3 Å². The third-order valence-corrected chi connectivity index (χ3v) is 3.44. The Hall–Kier alpha value is -1.85. The summed E-state index contributed by atoms with van der Waals surface area (Å²) in [6.07, 6.45) is 1.86. The van der Waals surface area contributed by atoms with Gasteiger partial charge in [-0.05, 0) is 19.2 Å². The van der Waals surface area contributed by atoms with E-state index in [1.54, 1.807) is 14.2 Å². The number of carbonyl (C=O) groups excluding carboxylic acids is 1. The van der Waals surface area contributed by atoms with Gasteiger partial charge in [0.25, 0.3) is 0 Å². The molecule has 1 atom stereocenters. The van der Waals surface area contributed by atoms with Crippen LogP contribution in [-0.2, 0) is 9.53 Å². The lowest BCUT2D eigenvalue weighted by Crippen LogP contribution is -2.27. The molecule has 5 heteroatoms. The van der Waals surface area contributed by atoms with Crippen LogP contribution >= 0.6 is 0 Å². The summed E-state index contributed by atoms with van der Waals surface area (Å²) in [5.74, 6) is -0.00758. The van der Waals surface area contributed by atoms with Gasteiger partial charge >= 0.3 is 0 Å². The summed E-state index contributed by atoms with van der Waals surface area (Å²) < 4.78 is 5.13. The van der Waals surface area contributed by atoms with E-state index in [9.17, 15) is 4.79 Å². The highest BCUT2D eigenvalue weighted by Crippen LogP contribution is 2.33. The van der Waals surface area contributed by atoms with Gasteiger partial charge in [0.15, 0.2) is 0 Å². The van der Waals surface area contributed by atoms with Gasteiger partial charge in [-0.1, -0.05) is 12.1 Å². The van der Waals surface area contributed by atoms with Crippen molar-refractivity contribution in [3.05, 3.63) is 36.4 Å². The molecule has 0 radical (unpaired) electrons. The molecule has 20 heavy (non-hydrogen) atoms.